The molecule has 0 radical (unpaired) electrons. The molecular formula is C41H62O15. The molecule has 0 spiro atoms. The van der Waals surface area contributed by atoms with Crippen molar-refractivity contribution in [3.63, 3.8) is 0 Å². The van der Waals surface area contributed by atoms with Crippen LogP contribution in [-0.2, 0) is 33.3 Å². The summed E-state index contributed by atoms with van der Waals surface area (Å²) >= 11 is 0. The van der Waals surface area contributed by atoms with Gasteiger partial charge in [-0.25, -0.2) is 4.79 Å². The quantitative estimate of drug-likeness (QED) is 0.110. The van der Waals surface area contributed by atoms with Gasteiger partial charge in [0.05, 0.1) is 12.7 Å². The second kappa shape index (κ2) is 16.4. The molecule has 0 aromatic heterocycles. The minimum absolute atomic E-state index is 0.0324. The molecule has 6 rings (SSSR count). The minimum atomic E-state index is -1.95. The Morgan fingerprint density at radius 1 is 0.893 bits per heavy atom. The van der Waals surface area contributed by atoms with Gasteiger partial charge >= 0.3 is 5.97 Å². The molecule has 15 nitrogen and oxygen atoms in total. The first-order valence-electron chi connectivity index (χ1n) is 20.3. The van der Waals surface area contributed by atoms with Crippen LogP contribution in [0.1, 0.15) is 92.9 Å². The smallest absolute Gasteiger partial charge is 0.335 e. The van der Waals surface area contributed by atoms with Crippen LogP contribution in [0, 0.1) is 46.3 Å². The van der Waals surface area contributed by atoms with Gasteiger partial charge in [0.25, 0.3) is 0 Å². The van der Waals surface area contributed by atoms with E-state index < -0.39 is 85.5 Å². The zero-order valence-electron chi connectivity index (χ0n) is 33.2. The number of rotatable bonds is 11. The highest BCUT2D eigenvalue weighted by atomic mass is 16.8. The number of Topliss-reactive ketones (excluding diaryl/α,β-unsaturated/α-hetero) is 2. The Balaban J connectivity index is 1.16. The van der Waals surface area contributed by atoms with Gasteiger partial charge in [0.2, 0.25) is 5.78 Å². The van der Waals surface area contributed by atoms with Crippen molar-refractivity contribution in [2.75, 3.05) is 6.61 Å². The van der Waals surface area contributed by atoms with Gasteiger partial charge in [-0.2, -0.15) is 0 Å². The Labute approximate surface area is 327 Å². The van der Waals surface area contributed by atoms with E-state index in [1.807, 2.05) is 33.8 Å². The lowest BCUT2D eigenvalue weighted by molar-refractivity contribution is -0.369. The molecule has 15 heteroatoms. The Hall–Kier alpha value is -2.31. The second-order valence-corrected chi connectivity index (χ2v) is 18.1. The molecule has 8 N–H and O–H groups in total. The highest BCUT2D eigenvalue weighted by Gasteiger charge is 2.64. The fourth-order valence-corrected chi connectivity index (χ4v) is 11.8. The summed E-state index contributed by atoms with van der Waals surface area (Å²) in [6, 6.07) is 0. The van der Waals surface area contributed by atoms with Crippen molar-refractivity contribution < 1.29 is 74.2 Å². The van der Waals surface area contributed by atoms with E-state index in [-0.39, 0.29) is 64.7 Å². The van der Waals surface area contributed by atoms with E-state index in [4.69, 9.17) is 18.9 Å². The molecule has 0 amide bonds. The predicted octanol–water partition coefficient (Wildman–Crippen LogP) is 1.93. The molecule has 4 aliphatic carbocycles. The average Bonchev–Trinajstić information content (AvgIpc) is 3.35. The molecule has 0 aromatic rings. The second-order valence-electron chi connectivity index (χ2n) is 18.1. The van der Waals surface area contributed by atoms with Crippen molar-refractivity contribution in [2.24, 2.45) is 46.3 Å². The van der Waals surface area contributed by atoms with Crippen LogP contribution in [0.4, 0.5) is 0 Å². The number of carbonyl (C=O) groups is 3. The van der Waals surface area contributed by atoms with E-state index in [0.717, 1.165) is 24.8 Å². The third kappa shape index (κ3) is 7.32. The van der Waals surface area contributed by atoms with Gasteiger partial charge in [0, 0.05) is 17.8 Å². The van der Waals surface area contributed by atoms with Gasteiger partial charge in [-0.1, -0.05) is 40.7 Å². The largest absolute Gasteiger partial charge is 0.504 e. The molecule has 2 heterocycles. The zero-order chi connectivity index (χ0) is 41.2. The maximum Gasteiger partial charge on any atom is 0.335 e. The van der Waals surface area contributed by atoms with Crippen molar-refractivity contribution >= 4 is 17.5 Å². The topological polar surface area (TPSA) is 250 Å². The van der Waals surface area contributed by atoms with E-state index in [1.54, 1.807) is 0 Å². The monoisotopic (exact) mass is 794 g/mol. The number of allylic oxidation sites excluding steroid dienone is 4. The molecule has 2 aliphatic heterocycles. The van der Waals surface area contributed by atoms with Gasteiger partial charge < -0.3 is 59.8 Å². The standard InChI is InChI=1S/C41H62O15/c1-7-21(17(2)3)24(43)14-18(4)26-29(45)30(46)27-22-9-8-19-15-20(10-12-40(19,5)23(22)11-13-41(26,27)6)53-39-36(33(49)32(48)35(55-39)37(51)52)56-38-34(50)31(47)28(44)25(16-42)54-38/h7,17-20,22-23,25,27-28,31-36,38-39,42,44-45,47-50H,8-16H2,1-6H3,(H,51,52). The van der Waals surface area contributed by atoms with E-state index in [0.29, 0.717) is 31.3 Å². The Morgan fingerprint density at radius 2 is 1.59 bits per heavy atom. The van der Waals surface area contributed by atoms with Crippen LogP contribution >= 0.6 is 0 Å². The van der Waals surface area contributed by atoms with E-state index in [1.165, 1.54) is 0 Å². The predicted molar refractivity (Wildman–Crippen MR) is 196 cm³/mol. The molecule has 18 unspecified atom stereocenters. The molecule has 6 aliphatic rings. The SMILES string of the molecule is CC=C(C(=O)CC(C)C1=C(O)C(=O)C2C3CCC4CC(OC5OC(C(=O)O)C(O)C(O)C5OC5OC(CO)C(O)C(O)C5O)CCC4(C)C3CCC12C)C(C)C. The summed E-state index contributed by atoms with van der Waals surface area (Å²) in [7, 11) is 0. The number of carboxylic acid groups (broad SMARTS) is 1. The average molecular weight is 795 g/mol. The van der Waals surface area contributed by atoms with Crippen molar-refractivity contribution in [3.05, 3.63) is 23.0 Å². The van der Waals surface area contributed by atoms with Crippen LogP contribution in [-0.4, -0.2) is 133 Å². The number of fused-ring (bicyclic) bond motifs is 5. The normalized spacial score (nSPS) is 46.3. The highest BCUT2D eigenvalue weighted by Crippen LogP contribution is 2.67. The van der Waals surface area contributed by atoms with E-state index in [9.17, 15) is 55.2 Å². The maximum atomic E-state index is 14.0. The van der Waals surface area contributed by atoms with Gasteiger partial charge in [-0.05, 0) is 98.0 Å². The summed E-state index contributed by atoms with van der Waals surface area (Å²) in [5, 5.41) is 83.7. The fraction of sp³-hybridized carbons (Fsp3) is 0.829. The number of ketones is 2. The maximum absolute atomic E-state index is 14.0. The molecule has 18 atom stereocenters. The van der Waals surface area contributed by atoms with Gasteiger partial charge in [-0.3, -0.25) is 9.59 Å². The van der Waals surface area contributed by atoms with Crippen molar-refractivity contribution in [1.82, 2.24) is 0 Å². The molecule has 0 bridgehead atoms. The third-order valence-corrected chi connectivity index (χ3v) is 14.7. The number of carboxylic acids is 1. The number of aliphatic carboxylic acids is 1. The molecule has 316 valence electrons. The van der Waals surface area contributed by atoms with Crippen LogP contribution in [0.25, 0.3) is 0 Å². The Bertz CT molecular complexity index is 1560. The lowest BCUT2D eigenvalue weighted by atomic mass is 9.44. The van der Waals surface area contributed by atoms with Crippen LogP contribution < -0.4 is 0 Å². The van der Waals surface area contributed by atoms with Gasteiger partial charge in [0.1, 0.15) is 42.7 Å². The lowest BCUT2D eigenvalue weighted by Crippen LogP contribution is -2.65. The summed E-state index contributed by atoms with van der Waals surface area (Å²) in [5.74, 6) is -2.13. The summed E-state index contributed by atoms with van der Waals surface area (Å²) in [4.78, 5) is 39.3. The first-order chi connectivity index (χ1) is 26.3. The molecular weight excluding hydrogens is 732 g/mol. The number of carbonyl (C=O) groups excluding carboxylic acids is 2. The first kappa shape index (κ1) is 43.3. The van der Waals surface area contributed by atoms with E-state index in [2.05, 4.69) is 13.8 Å². The molecule has 5 fully saturated rings. The fourth-order valence-electron chi connectivity index (χ4n) is 11.8. The number of aliphatic hydroxyl groups is 7. The van der Waals surface area contributed by atoms with Crippen molar-refractivity contribution in [2.45, 2.75) is 160 Å². The van der Waals surface area contributed by atoms with E-state index >= 15 is 0 Å². The summed E-state index contributed by atoms with van der Waals surface area (Å²) < 4.78 is 23.3. The van der Waals surface area contributed by atoms with Crippen molar-refractivity contribution in [1.29, 1.82) is 0 Å². The molecule has 56 heavy (non-hydrogen) atoms. The van der Waals surface area contributed by atoms with Gasteiger partial charge in [-0.15, -0.1) is 0 Å². The van der Waals surface area contributed by atoms with Crippen LogP contribution in [0.5, 0.6) is 0 Å². The highest BCUT2D eigenvalue weighted by molar-refractivity contribution is 6.01. The van der Waals surface area contributed by atoms with Crippen LogP contribution in [0.3, 0.4) is 0 Å². The summed E-state index contributed by atoms with van der Waals surface area (Å²) in [6.45, 7) is 11.4. The molecule has 0 aromatic carbocycles. The number of ether oxygens (including phenoxy) is 4. The lowest BCUT2D eigenvalue weighted by Gasteiger charge is -2.60. The molecule has 3 saturated carbocycles. The minimum Gasteiger partial charge on any atom is -0.504 e. The van der Waals surface area contributed by atoms with Crippen molar-refractivity contribution in [3.8, 4) is 0 Å². The van der Waals surface area contributed by atoms with Gasteiger partial charge in [0.15, 0.2) is 30.2 Å². The number of hydrogen-bond acceptors (Lipinski definition) is 14. The number of aliphatic hydroxyl groups excluding tert-OH is 7. The number of hydrogen-bond donors (Lipinski definition) is 8. The Kier molecular flexibility index (Phi) is 12.7. The molecule has 2 saturated heterocycles. The summed E-state index contributed by atoms with van der Waals surface area (Å²) in [5.41, 5.74) is 0.726. The van der Waals surface area contributed by atoms with Crippen LogP contribution in [0.2, 0.25) is 0 Å². The zero-order valence-corrected chi connectivity index (χ0v) is 33.2. The first-order valence-corrected chi connectivity index (χ1v) is 20.3. The summed E-state index contributed by atoms with van der Waals surface area (Å²) in [6.07, 6.45) is -10.7. The van der Waals surface area contributed by atoms with Crippen LogP contribution in [0.15, 0.2) is 23.0 Å². The Morgan fingerprint density at radius 3 is 2.21 bits per heavy atom. The third-order valence-electron chi connectivity index (χ3n) is 14.7.